The molecule has 1 aliphatic heterocycles. The molecule has 2 heterocycles. The molecule has 4 aromatic rings. The van der Waals surface area contributed by atoms with Crippen molar-refractivity contribution in [3.05, 3.63) is 106 Å². The molecule has 158 valence electrons. The fraction of sp³-hybridized carbons (Fsp3) is 0.148. The Hall–Kier alpha value is -3.99. The summed E-state index contributed by atoms with van der Waals surface area (Å²) in [4.78, 5) is 33.1. The second-order valence-electron chi connectivity index (χ2n) is 7.80. The Morgan fingerprint density at radius 3 is 2.41 bits per heavy atom. The van der Waals surface area contributed by atoms with Gasteiger partial charge in [-0.05, 0) is 43.2 Å². The van der Waals surface area contributed by atoms with E-state index in [-0.39, 0.29) is 11.5 Å². The molecule has 0 fully saturated rings. The third-order valence-corrected chi connectivity index (χ3v) is 5.91. The first-order valence-corrected chi connectivity index (χ1v) is 10.8. The van der Waals surface area contributed by atoms with Crippen LogP contribution < -0.4 is 10.5 Å². The molecule has 0 atom stereocenters. The number of nitrogens with zero attached hydrogens (tertiary/aromatic N) is 3. The van der Waals surface area contributed by atoms with E-state index in [0.29, 0.717) is 41.8 Å². The van der Waals surface area contributed by atoms with Gasteiger partial charge in [0.25, 0.3) is 11.5 Å². The minimum atomic E-state index is -0.0931. The largest absolute Gasteiger partial charge is 0.308 e. The van der Waals surface area contributed by atoms with Gasteiger partial charge in [-0.25, -0.2) is 4.98 Å². The Bertz CT molecular complexity index is 1400. The van der Waals surface area contributed by atoms with Gasteiger partial charge in [0.15, 0.2) is 0 Å². The topological polar surface area (TPSA) is 55.2 Å². The van der Waals surface area contributed by atoms with E-state index in [9.17, 15) is 9.59 Å². The molecule has 5 nitrogen and oxygen atoms in total. The first-order chi connectivity index (χ1) is 15.7. The van der Waals surface area contributed by atoms with Crippen molar-refractivity contribution >= 4 is 34.1 Å². The molecule has 5 rings (SSSR count). The quantitative estimate of drug-likeness (QED) is 0.445. The molecule has 0 radical (unpaired) electrons. The molecule has 0 spiro atoms. The van der Waals surface area contributed by atoms with E-state index in [0.717, 1.165) is 16.8 Å². The minimum Gasteiger partial charge on any atom is -0.308 e. The summed E-state index contributed by atoms with van der Waals surface area (Å²) >= 11 is 0. The molecule has 0 N–H and O–H groups in total. The summed E-state index contributed by atoms with van der Waals surface area (Å²) in [6, 6.07) is 25.2. The number of hydrogen-bond acceptors (Lipinski definition) is 3. The Kier molecular flexibility index (Phi) is 5.15. The first kappa shape index (κ1) is 19.9. The molecule has 0 aliphatic carbocycles. The number of likely N-dealkylation sites (N-methyl/N-ethyl adjacent to an activating group) is 1. The lowest BCUT2D eigenvalue weighted by molar-refractivity contribution is -0.112. The predicted octanol–water partition coefficient (Wildman–Crippen LogP) is 4.55. The molecule has 3 aromatic carbocycles. The average molecular weight is 422 g/mol. The van der Waals surface area contributed by atoms with Gasteiger partial charge in [-0.1, -0.05) is 60.7 Å². The molecule has 5 heteroatoms. The zero-order chi connectivity index (χ0) is 22.1. The Morgan fingerprint density at radius 2 is 1.59 bits per heavy atom. The maximum atomic E-state index is 13.4. The van der Waals surface area contributed by atoms with E-state index in [4.69, 9.17) is 4.98 Å². The summed E-state index contributed by atoms with van der Waals surface area (Å²) in [6.45, 7) is 3.02. The zero-order valence-electron chi connectivity index (χ0n) is 17.9. The van der Waals surface area contributed by atoms with Crippen LogP contribution in [-0.4, -0.2) is 22.0 Å². The lowest BCUT2D eigenvalue weighted by atomic mass is 10.1. The SMILES string of the molecule is CCN1C(=O)/C(=C/c2nc3ccccc3c(=O)n2CCc2ccccc2)c2ccccc21. The predicted molar refractivity (Wildman–Crippen MR) is 128 cm³/mol. The van der Waals surface area contributed by atoms with Crippen molar-refractivity contribution in [1.29, 1.82) is 0 Å². The second-order valence-corrected chi connectivity index (χ2v) is 7.80. The second kappa shape index (κ2) is 8.27. The summed E-state index contributed by atoms with van der Waals surface area (Å²) in [6.07, 6.45) is 2.47. The van der Waals surface area contributed by atoms with Crippen LogP contribution in [0.2, 0.25) is 0 Å². The van der Waals surface area contributed by atoms with Gasteiger partial charge in [-0.15, -0.1) is 0 Å². The molecule has 0 unspecified atom stereocenters. The maximum Gasteiger partial charge on any atom is 0.261 e. The number of hydrogen-bond donors (Lipinski definition) is 0. The number of amides is 1. The number of para-hydroxylation sites is 2. The average Bonchev–Trinajstić information content (AvgIpc) is 3.10. The highest BCUT2D eigenvalue weighted by molar-refractivity contribution is 6.35. The van der Waals surface area contributed by atoms with E-state index in [1.54, 1.807) is 21.6 Å². The van der Waals surface area contributed by atoms with E-state index >= 15 is 0 Å². The summed E-state index contributed by atoms with van der Waals surface area (Å²) in [5.41, 5.74) is 4.01. The van der Waals surface area contributed by atoms with E-state index < -0.39 is 0 Å². The number of carbonyl (C=O) groups excluding carboxylic acids is 1. The maximum absolute atomic E-state index is 13.4. The standard InChI is InChI=1S/C27H23N3O2/c1-2-29-24-15-9-7-12-20(24)22(27(29)32)18-25-28-23-14-8-6-13-21(23)26(31)30(25)17-16-19-10-4-3-5-11-19/h3-15,18H,2,16-17H2,1H3/b22-18+. The highest BCUT2D eigenvalue weighted by atomic mass is 16.2. The number of aryl methyl sites for hydroxylation is 1. The Morgan fingerprint density at radius 1 is 0.875 bits per heavy atom. The number of aromatic nitrogens is 2. The molecule has 1 aromatic heterocycles. The van der Waals surface area contributed by atoms with Crippen molar-refractivity contribution in [3.63, 3.8) is 0 Å². The summed E-state index contributed by atoms with van der Waals surface area (Å²) < 4.78 is 1.69. The zero-order valence-corrected chi connectivity index (χ0v) is 17.9. The van der Waals surface area contributed by atoms with Gasteiger partial charge >= 0.3 is 0 Å². The number of fused-ring (bicyclic) bond motifs is 2. The molecule has 0 saturated carbocycles. The number of anilines is 1. The van der Waals surface area contributed by atoms with E-state index in [2.05, 4.69) is 0 Å². The van der Waals surface area contributed by atoms with Crippen molar-refractivity contribution in [2.24, 2.45) is 0 Å². The van der Waals surface area contributed by atoms with Crippen molar-refractivity contribution in [1.82, 2.24) is 9.55 Å². The van der Waals surface area contributed by atoms with Gasteiger partial charge in [0, 0.05) is 18.7 Å². The summed E-state index contributed by atoms with van der Waals surface area (Å²) in [5.74, 6) is 0.437. The van der Waals surface area contributed by atoms with Gasteiger partial charge < -0.3 is 4.90 Å². The summed E-state index contributed by atoms with van der Waals surface area (Å²) in [5, 5.41) is 0.580. The molecule has 0 bridgehead atoms. The Balaban J connectivity index is 1.66. The van der Waals surface area contributed by atoms with Crippen LogP contribution in [0.4, 0.5) is 5.69 Å². The normalized spacial score (nSPS) is 14.3. The van der Waals surface area contributed by atoms with Crippen molar-refractivity contribution in [2.75, 3.05) is 11.4 Å². The number of rotatable bonds is 5. The van der Waals surface area contributed by atoms with Crippen molar-refractivity contribution < 1.29 is 4.79 Å². The smallest absolute Gasteiger partial charge is 0.261 e. The third kappa shape index (κ3) is 3.42. The number of benzene rings is 3. The third-order valence-electron chi connectivity index (χ3n) is 5.91. The molecule has 32 heavy (non-hydrogen) atoms. The van der Waals surface area contributed by atoms with Crippen LogP contribution in [0.1, 0.15) is 23.9 Å². The highest BCUT2D eigenvalue weighted by Crippen LogP contribution is 2.37. The van der Waals surface area contributed by atoms with Gasteiger partial charge in [-0.2, -0.15) is 0 Å². The lowest BCUT2D eigenvalue weighted by Crippen LogP contribution is -2.27. The van der Waals surface area contributed by atoms with Crippen LogP contribution in [0.3, 0.4) is 0 Å². The van der Waals surface area contributed by atoms with E-state index in [1.165, 1.54) is 0 Å². The van der Waals surface area contributed by atoms with Crippen LogP contribution in [0.15, 0.2) is 83.7 Å². The molecule has 0 saturated heterocycles. The van der Waals surface area contributed by atoms with Crippen LogP contribution in [0.25, 0.3) is 22.6 Å². The van der Waals surface area contributed by atoms with Crippen LogP contribution in [0, 0.1) is 0 Å². The molecule has 1 amide bonds. The molecule has 1 aliphatic rings. The van der Waals surface area contributed by atoms with Crippen LogP contribution >= 0.6 is 0 Å². The lowest BCUT2D eigenvalue weighted by Gasteiger charge is -2.14. The van der Waals surface area contributed by atoms with Gasteiger partial charge in [-0.3, -0.25) is 14.2 Å². The summed E-state index contributed by atoms with van der Waals surface area (Å²) in [7, 11) is 0. The Labute approximate surface area is 186 Å². The van der Waals surface area contributed by atoms with Crippen LogP contribution in [0.5, 0.6) is 0 Å². The first-order valence-electron chi connectivity index (χ1n) is 10.8. The monoisotopic (exact) mass is 421 g/mol. The fourth-order valence-corrected chi connectivity index (χ4v) is 4.29. The minimum absolute atomic E-state index is 0.0642. The molecular formula is C27H23N3O2. The highest BCUT2D eigenvalue weighted by Gasteiger charge is 2.31. The fourth-order valence-electron chi connectivity index (χ4n) is 4.29. The van der Waals surface area contributed by atoms with Crippen molar-refractivity contribution in [2.45, 2.75) is 19.9 Å². The van der Waals surface area contributed by atoms with Crippen molar-refractivity contribution in [3.8, 4) is 0 Å². The van der Waals surface area contributed by atoms with Gasteiger partial charge in [0.2, 0.25) is 0 Å². The van der Waals surface area contributed by atoms with Gasteiger partial charge in [0.05, 0.1) is 22.2 Å². The van der Waals surface area contributed by atoms with Gasteiger partial charge in [0.1, 0.15) is 5.82 Å². The number of carbonyl (C=O) groups is 1. The molecular weight excluding hydrogens is 398 g/mol. The van der Waals surface area contributed by atoms with E-state index in [1.807, 2.05) is 79.7 Å². The van der Waals surface area contributed by atoms with Crippen LogP contribution in [-0.2, 0) is 17.8 Å².